The number of hydrogen-bond acceptors (Lipinski definition) is 3. The van der Waals surface area contributed by atoms with Crippen LogP contribution in [0, 0.1) is 17.6 Å². The molecule has 0 bridgehead atoms. The molecule has 1 aliphatic rings. The highest BCUT2D eigenvalue weighted by Gasteiger charge is 2.29. The van der Waals surface area contributed by atoms with E-state index in [-0.39, 0.29) is 5.91 Å². The summed E-state index contributed by atoms with van der Waals surface area (Å²) in [7, 11) is 1.51. The van der Waals surface area contributed by atoms with Gasteiger partial charge in [-0.2, -0.15) is 0 Å². The maximum atomic E-state index is 13.8. The van der Waals surface area contributed by atoms with Gasteiger partial charge in [-0.1, -0.05) is 13.0 Å². The van der Waals surface area contributed by atoms with Crippen LogP contribution in [0.3, 0.4) is 0 Å². The summed E-state index contributed by atoms with van der Waals surface area (Å²) in [4.78, 5) is 25.7. The molecule has 0 spiro atoms. The number of fused-ring (bicyclic) bond motifs is 1. The highest BCUT2D eigenvalue weighted by molar-refractivity contribution is 7.17. The van der Waals surface area contributed by atoms with E-state index in [1.54, 1.807) is 0 Å². The monoisotopic (exact) mass is 364 g/mol. The van der Waals surface area contributed by atoms with Crippen molar-refractivity contribution in [2.75, 3.05) is 12.4 Å². The lowest BCUT2D eigenvalue weighted by molar-refractivity contribution is 0.0963. The molecule has 0 fully saturated rings. The third-order valence-electron chi connectivity index (χ3n) is 4.38. The number of carbonyl (C=O) groups excluding carboxylic acids is 2. The molecule has 1 atom stereocenters. The van der Waals surface area contributed by atoms with Gasteiger partial charge in [0.15, 0.2) is 0 Å². The summed E-state index contributed by atoms with van der Waals surface area (Å²) in [6.07, 6.45) is 2.54. The van der Waals surface area contributed by atoms with Crippen molar-refractivity contribution >= 4 is 28.2 Å². The van der Waals surface area contributed by atoms with Crippen molar-refractivity contribution in [3.63, 3.8) is 0 Å². The molecule has 3 rings (SSSR count). The van der Waals surface area contributed by atoms with Crippen LogP contribution in [-0.2, 0) is 12.8 Å². The van der Waals surface area contributed by atoms with Crippen LogP contribution < -0.4 is 10.6 Å². The Balaban J connectivity index is 2.00. The number of thiophene rings is 1. The number of carbonyl (C=O) groups is 2. The first kappa shape index (κ1) is 17.5. The lowest BCUT2D eigenvalue weighted by atomic mass is 9.88. The maximum Gasteiger partial charge on any atom is 0.262 e. The van der Waals surface area contributed by atoms with Crippen molar-refractivity contribution in [2.45, 2.75) is 26.2 Å². The molecule has 25 heavy (non-hydrogen) atoms. The van der Waals surface area contributed by atoms with E-state index in [0.717, 1.165) is 41.8 Å². The van der Waals surface area contributed by atoms with Crippen LogP contribution in [-0.4, -0.2) is 18.9 Å². The van der Waals surface area contributed by atoms with Gasteiger partial charge in [0.25, 0.3) is 11.8 Å². The molecular formula is C18H18F2N2O2S. The second kappa shape index (κ2) is 6.92. The number of anilines is 1. The van der Waals surface area contributed by atoms with E-state index in [0.29, 0.717) is 16.5 Å². The summed E-state index contributed by atoms with van der Waals surface area (Å²) in [6, 6.07) is 3.25. The Bertz CT molecular complexity index is 828. The zero-order chi connectivity index (χ0) is 18.1. The van der Waals surface area contributed by atoms with Gasteiger partial charge in [-0.3, -0.25) is 9.59 Å². The van der Waals surface area contributed by atoms with Crippen LogP contribution in [0.25, 0.3) is 0 Å². The summed E-state index contributed by atoms with van der Waals surface area (Å²) < 4.78 is 27.7. The maximum absolute atomic E-state index is 13.8. The fourth-order valence-corrected chi connectivity index (χ4v) is 4.49. The molecule has 2 amide bonds. The normalized spacial score (nSPS) is 16.2. The Labute approximate surface area is 148 Å². The van der Waals surface area contributed by atoms with Crippen LogP contribution in [0.4, 0.5) is 13.8 Å². The molecule has 2 N–H and O–H groups in total. The quantitative estimate of drug-likeness (QED) is 0.871. The number of halogens is 2. The molecule has 1 aliphatic carbocycles. The zero-order valence-electron chi connectivity index (χ0n) is 13.9. The lowest BCUT2D eigenvalue weighted by Gasteiger charge is -2.18. The number of rotatable bonds is 3. The fourth-order valence-electron chi connectivity index (χ4n) is 3.08. The SMILES string of the molecule is CNC(=O)c1c(NC(=O)c2c(F)cccc2F)sc2c1CC[C@H](C)C2. The van der Waals surface area contributed by atoms with Gasteiger partial charge < -0.3 is 10.6 Å². The van der Waals surface area contributed by atoms with Gasteiger partial charge in [-0.25, -0.2) is 8.78 Å². The summed E-state index contributed by atoms with van der Waals surface area (Å²) >= 11 is 1.31. The molecule has 0 aliphatic heterocycles. The number of amides is 2. The molecule has 1 heterocycles. The standard InChI is InChI=1S/C18H18F2N2O2S/c1-9-6-7-10-13(8-9)25-18(14(10)16(23)21-2)22-17(24)15-11(19)4-3-5-12(15)20/h3-5,9H,6-8H2,1-2H3,(H,21,23)(H,22,24)/t9-/m0/s1. The average Bonchev–Trinajstić information content (AvgIpc) is 2.90. The molecule has 132 valence electrons. The molecule has 1 aromatic carbocycles. The van der Waals surface area contributed by atoms with Crippen molar-refractivity contribution in [2.24, 2.45) is 5.92 Å². The minimum atomic E-state index is -0.936. The van der Waals surface area contributed by atoms with E-state index in [9.17, 15) is 18.4 Å². The minimum absolute atomic E-state index is 0.309. The third kappa shape index (κ3) is 3.28. The van der Waals surface area contributed by atoms with Gasteiger partial charge in [0, 0.05) is 11.9 Å². The first-order valence-electron chi connectivity index (χ1n) is 8.04. The topological polar surface area (TPSA) is 58.2 Å². The highest BCUT2D eigenvalue weighted by atomic mass is 32.1. The molecule has 1 aromatic heterocycles. The molecular weight excluding hydrogens is 346 g/mol. The summed E-state index contributed by atoms with van der Waals surface area (Å²) in [5, 5.41) is 5.45. The summed E-state index contributed by atoms with van der Waals surface area (Å²) in [5.74, 6) is -2.58. The van der Waals surface area contributed by atoms with Crippen LogP contribution in [0.2, 0.25) is 0 Å². The smallest absolute Gasteiger partial charge is 0.262 e. The molecule has 4 nitrogen and oxygen atoms in total. The first-order valence-corrected chi connectivity index (χ1v) is 8.86. The van der Waals surface area contributed by atoms with Crippen LogP contribution >= 0.6 is 11.3 Å². The van der Waals surface area contributed by atoms with Gasteiger partial charge in [-0.05, 0) is 42.9 Å². The Kier molecular flexibility index (Phi) is 4.85. The van der Waals surface area contributed by atoms with Crippen LogP contribution in [0.1, 0.15) is 44.5 Å². The van der Waals surface area contributed by atoms with Crippen molar-refractivity contribution in [1.29, 1.82) is 0 Å². The molecule has 2 aromatic rings. The van der Waals surface area contributed by atoms with E-state index in [2.05, 4.69) is 17.6 Å². The van der Waals surface area contributed by atoms with Crippen molar-refractivity contribution in [3.05, 3.63) is 51.4 Å². The van der Waals surface area contributed by atoms with Gasteiger partial charge in [0.1, 0.15) is 22.2 Å². The Morgan fingerprint density at radius 1 is 1.16 bits per heavy atom. The minimum Gasteiger partial charge on any atom is -0.355 e. The number of nitrogens with one attached hydrogen (secondary N) is 2. The van der Waals surface area contributed by atoms with Gasteiger partial charge >= 0.3 is 0 Å². The van der Waals surface area contributed by atoms with E-state index < -0.39 is 23.1 Å². The van der Waals surface area contributed by atoms with Crippen LogP contribution in [0.15, 0.2) is 18.2 Å². The largest absolute Gasteiger partial charge is 0.355 e. The average molecular weight is 364 g/mol. The Hall–Kier alpha value is -2.28. The van der Waals surface area contributed by atoms with Gasteiger partial charge in [0.2, 0.25) is 0 Å². The van der Waals surface area contributed by atoms with Crippen molar-refractivity contribution in [1.82, 2.24) is 5.32 Å². The highest BCUT2D eigenvalue weighted by Crippen LogP contribution is 2.39. The Morgan fingerprint density at radius 2 is 1.84 bits per heavy atom. The second-order valence-electron chi connectivity index (χ2n) is 6.19. The van der Waals surface area contributed by atoms with Crippen LogP contribution in [0.5, 0.6) is 0 Å². The molecule has 0 saturated heterocycles. The summed E-state index contributed by atoms with van der Waals surface area (Å²) in [6.45, 7) is 2.13. The van der Waals surface area contributed by atoms with Crippen molar-refractivity contribution < 1.29 is 18.4 Å². The molecule has 0 saturated carbocycles. The molecule has 7 heteroatoms. The second-order valence-corrected chi connectivity index (χ2v) is 7.29. The van der Waals surface area contributed by atoms with E-state index in [1.165, 1.54) is 24.5 Å². The van der Waals surface area contributed by atoms with E-state index in [4.69, 9.17) is 0 Å². The predicted octanol–water partition coefficient (Wildman–Crippen LogP) is 3.76. The first-order chi connectivity index (χ1) is 11.9. The van der Waals surface area contributed by atoms with Gasteiger partial charge in [0.05, 0.1) is 5.56 Å². The molecule has 0 radical (unpaired) electrons. The van der Waals surface area contributed by atoms with Crippen molar-refractivity contribution in [3.8, 4) is 0 Å². The van der Waals surface area contributed by atoms with E-state index >= 15 is 0 Å². The zero-order valence-corrected chi connectivity index (χ0v) is 14.7. The van der Waals surface area contributed by atoms with Gasteiger partial charge in [-0.15, -0.1) is 11.3 Å². The lowest BCUT2D eigenvalue weighted by Crippen LogP contribution is -2.23. The predicted molar refractivity (Wildman–Crippen MR) is 93.2 cm³/mol. The van der Waals surface area contributed by atoms with E-state index in [1.807, 2.05) is 0 Å². The number of benzene rings is 1. The summed E-state index contributed by atoms with van der Waals surface area (Å²) in [5.41, 5.74) is 0.677. The molecule has 0 unspecified atom stereocenters. The Morgan fingerprint density at radius 3 is 2.48 bits per heavy atom. The third-order valence-corrected chi connectivity index (χ3v) is 5.55. The fraction of sp³-hybridized carbons (Fsp3) is 0.333. The number of hydrogen-bond donors (Lipinski definition) is 2.